The second-order valence-corrected chi connectivity index (χ2v) is 6.73. The predicted molar refractivity (Wildman–Crippen MR) is 74.8 cm³/mol. The van der Waals surface area contributed by atoms with E-state index in [1.165, 1.54) is 5.56 Å². The van der Waals surface area contributed by atoms with Crippen LogP contribution in [0.25, 0.3) is 0 Å². The summed E-state index contributed by atoms with van der Waals surface area (Å²) in [6.45, 7) is 2.52. The fourth-order valence-electron chi connectivity index (χ4n) is 1.55. The van der Waals surface area contributed by atoms with Crippen molar-refractivity contribution < 1.29 is 13.2 Å². The molecule has 0 aliphatic carbocycles. The van der Waals surface area contributed by atoms with Crippen LogP contribution in [0.1, 0.15) is 24.8 Å². The minimum absolute atomic E-state index is 0.0394. The van der Waals surface area contributed by atoms with Crippen LogP contribution in [-0.2, 0) is 9.84 Å². The fourth-order valence-corrected chi connectivity index (χ4v) is 2.80. The van der Waals surface area contributed by atoms with Crippen LogP contribution in [0.2, 0.25) is 0 Å². The summed E-state index contributed by atoms with van der Waals surface area (Å²) in [5, 5.41) is 8.35. The average Bonchev–Trinajstić information content (AvgIpc) is 2.38. The summed E-state index contributed by atoms with van der Waals surface area (Å²) in [7, 11) is -3.07. The van der Waals surface area contributed by atoms with Crippen LogP contribution >= 0.6 is 0 Å². The Balaban J connectivity index is 2.18. The molecule has 0 saturated heterocycles. The van der Waals surface area contributed by atoms with Gasteiger partial charge in [0.25, 0.3) is 0 Å². The van der Waals surface area contributed by atoms with E-state index in [1.807, 2.05) is 37.3 Å². The molecule has 0 saturated carbocycles. The molecule has 19 heavy (non-hydrogen) atoms. The summed E-state index contributed by atoms with van der Waals surface area (Å²) in [6.07, 6.45) is 1.33. The van der Waals surface area contributed by atoms with Gasteiger partial charge in [0.15, 0.2) is 9.84 Å². The number of benzene rings is 1. The molecule has 0 atom stereocenters. The van der Waals surface area contributed by atoms with Gasteiger partial charge in [0.1, 0.15) is 5.75 Å². The van der Waals surface area contributed by atoms with Crippen molar-refractivity contribution in [1.29, 1.82) is 5.26 Å². The van der Waals surface area contributed by atoms with Gasteiger partial charge in [0.05, 0.1) is 24.2 Å². The molecular weight excluding hydrogens is 262 g/mol. The van der Waals surface area contributed by atoms with Gasteiger partial charge in [-0.25, -0.2) is 8.42 Å². The first-order valence-electron chi connectivity index (χ1n) is 6.30. The first-order valence-corrected chi connectivity index (χ1v) is 8.12. The second-order valence-electron chi connectivity index (χ2n) is 4.43. The van der Waals surface area contributed by atoms with E-state index < -0.39 is 9.84 Å². The maximum absolute atomic E-state index is 11.5. The normalized spacial score (nSPS) is 10.9. The molecule has 5 heteroatoms. The highest BCUT2D eigenvalue weighted by atomic mass is 32.2. The molecule has 0 radical (unpaired) electrons. The van der Waals surface area contributed by atoms with Crippen molar-refractivity contribution >= 4 is 9.84 Å². The molecule has 1 rings (SSSR count). The Morgan fingerprint density at radius 3 is 2.47 bits per heavy atom. The number of nitriles is 1. The van der Waals surface area contributed by atoms with Crippen LogP contribution in [0.5, 0.6) is 5.75 Å². The quantitative estimate of drug-likeness (QED) is 0.687. The molecule has 0 unspecified atom stereocenters. The van der Waals surface area contributed by atoms with Gasteiger partial charge < -0.3 is 4.74 Å². The SMILES string of the molecule is Cc1ccc(OCCCCS(=O)(=O)CCC#N)cc1. The van der Waals surface area contributed by atoms with Gasteiger partial charge in [-0.2, -0.15) is 5.26 Å². The van der Waals surface area contributed by atoms with Gasteiger partial charge >= 0.3 is 0 Å². The minimum Gasteiger partial charge on any atom is -0.494 e. The predicted octanol–water partition coefficient (Wildman–Crippen LogP) is 2.48. The van der Waals surface area contributed by atoms with Crippen LogP contribution in [-0.4, -0.2) is 26.5 Å². The largest absolute Gasteiger partial charge is 0.494 e. The van der Waals surface area contributed by atoms with E-state index in [1.54, 1.807) is 0 Å². The van der Waals surface area contributed by atoms with Crippen molar-refractivity contribution in [3.05, 3.63) is 29.8 Å². The first kappa shape index (κ1) is 15.5. The Bertz CT molecular complexity index is 515. The van der Waals surface area contributed by atoms with Gasteiger partial charge in [-0.05, 0) is 31.9 Å². The molecule has 0 spiro atoms. The Morgan fingerprint density at radius 2 is 1.84 bits per heavy atom. The summed E-state index contributed by atoms with van der Waals surface area (Å²) < 4.78 is 28.4. The standard InChI is InChI=1S/C14H19NO3S/c1-13-5-7-14(8-6-13)18-10-2-3-11-19(16,17)12-4-9-15/h5-8H,2-4,10-12H2,1H3. The number of unbranched alkanes of at least 4 members (excludes halogenated alkanes) is 1. The number of rotatable bonds is 8. The lowest BCUT2D eigenvalue weighted by Gasteiger charge is -2.06. The third-order valence-electron chi connectivity index (χ3n) is 2.66. The number of hydrogen-bond donors (Lipinski definition) is 0. The molecule has 0 amide bonds. The van der Waals surface area contributed by atoms with Gasteiger partial charge in [0, 0.05) is 6.42 Å². The number of hydrogen-bond acceptors (Lipinski definition) is 4. The van der Waals surface area contributed by atoms with Crippen molar-refractivity contribution in [2.45, 2.75) is 26.2 Å². The summed E-state index contributed by atoms with van der Waals surface area (Å²) in [4.78, 5) is 0. The molecular formula is C14H19NO3S. The van der Waals surface area contributed by atoms with Crippen LogP contribution in [0.3, 0.4) is 0 Å². The number of aryl methyl sites for hydroxylation is 1. The third-order valence-corrected chi connectivity index (χ3v) is 4.40. The zero-order valence-corrected chi connectivity index (χ0v) is 11.9. The van der Waals surface area contributed by atoms with Crippen LogP contribution < -0.4 is 4.74 Å². The maximum Gasteiger partial charge on any atom is 0.151 e. The van der Waals surface area contributed by atoms with Gasteiger partial charge in [-0.1, -0.05) is 17.7 Å². The summed E-state index contributed by atoms with van der Waals surface area (Å²) in [5.41, 5.74) is 1.18. The molecule has 1 aromatic carbocycles. The van der Waals surface area contributed by atoms with E-state index >= 15 is 0 Å². The molecule has 0 bridgehead atoms. The lowest BCUT2D eigenvalue weighted by molar-refractivity contribution is 0.309. The third kappa shape index (κ3) is 6.82. The van der Waals surface area contributed by atoms with Gasteiger partial charge in [-0.15, -0.1) is 0 Å². The molecule has 0 N–H and O–H groups in total. The monoisotopic (exact) mass is 281 g/mol. The number of nitrogens with zero attached hydrogens (tertiary/aromatic N) is 1. The smallest absolute Gasteiger partial charge is 0.151 e. The lowest BCUT2D eigenvalue weighted by atomic mass is 10.2. The van der Waals surface area contributed by atoms with Crippen molar-refractivity contribution in [2.24, 2.45) is 0 Å². The van der Waals surface area contributed by atoms with Gasteiger partial charge in [-0.3, -0.25) is 0 Å². The highest BCUT2D eigenvalue weighted by Crippen LogP contribution is 2.12. The van der Waals surface area contributed by atoms with E-state index in [0.29, 0.717) is 19.4 Å². The lowest BCUT2D eigenvalue weighted by Crippen LogP contribution is -2.11. The van der Waals surface area contributed by atoms with Gasteiger partial charge in [0.2, 0.25) is 0 Å². The average molecular weight is 281 g/mol. The van der Waals surface area contributed by atoms with Crippen molar-refractivity contribution in [3.63, 3.8) is 0 Å². The van der Waals surface area contributed by atoms with E-state index in [9.17, 15) is 8.42 Å². The Labute approximate surface area is 114 Å². The Kier molecular flexibility index (Phi) is 6.37. The summed E-state index contributed by atoms with van der Waals surface area (Å²) >= 11 is 0. The molecule has 4 nitrogen and oxygen atoms in total. The highest BCUT2D eigenvalue weighted by Gasteiger charge is 2.09. The second kappa shape index (κ2) is 7.80. The summed E-state index contributed by atoms with van der Waals surface area (Å²) in [6, 6.07) is 9.60. The van der Waals surface area contributed by atoms with E-state index in [0.717, 1.165) is 5.75 Å². The molecule has 104 valence electrons. The minimum atomic E-state index is -3.07. The van der Waals surface area contributed by atoms with Crippen LogP contribution in [0.15, 0.2) is 24.3 Å². The molecule has 1 aromatic rings. The van der Waals surface area contributed by atoms with E-state index in [4.69, 9.17) is 10.00 Å². The fraction of sp³-hybridized carbons (Fsp3) is 0.500. The molecule has 0 aliphatic rings. The topological polar surface area (TPSA) is 67.2 Å². The van der Waals surface area contributed by atoms with E-state index in [2.05, 4.69) is 0 Å². The summed E-state index contributed by atoms with van der Waals surface area (Å²) in [5.74, 6) is 0.895. The Morgan fingerprint density at radius 1 is 1.16 bits per heavy atom. The first-order chi connectivity index (χ1) is 9.03. The molecule has 0 fully saturated rings. The maximum atomic E-state index is 11.5. The van der Waals surface area contributed by atoms with Crippen molar-refractivity contribution in [3.8, 4) is 11.8 Å². The Hall–Kier alpha value is -1.54. The van der Waals surface area contributed by atoms with E-state index in [-0.39, 0.29) is 17.9 Å². The molecule has 0 heterocycles. The molecule has 0 aliphatic heterocycles. The zero-order chi connectivity index (χ0) is 14.1. The van der Waals surface area contributed by atoms with Crippen molar-refractivity contribution in [1.82, 2.24) is 0 Å². The highest BCUT2D eigenvalue weighted by molar-refractivity contribution is 7.91. The number of sulfone groups is 1. The van der Waals surface area contributed by atoms with Crippen LogP contribution in [0.4, 0.5) is 0 Å². The zero-order valence-electron chi connectivity index (χ0n) is 11.1. The van der Waals surface area contributed by atoms with Crippen molar-refractivity contribution in [2.75, 3.05) is 18.1 Å². The molecule has 0 aromatic heterocycles. The number of ether oxygens (including phenoxy) is 1. The van der Waals surface area contributed by atoms with Crippen LogP contribution in [0, 0.1) is 18.3 Å².